The summed E-state index contributed by atoms with van der Waals surface area (Å²) >= 11 is 0. The summed E-state index contributed by atoms with van der Waals surface area (Å²) in [5, 5.41) is 19.1. The molecule has 3 aromatic heterocycles. The van der Waals surface area contributed by atoms with Gasteiger partial charge in [0, 0.05) is 24.0 Å². The molecule has 5 nitrogen and oxygen atoms in total. The molecule has 0 spiro atoms. The molecule has 0 bridgehead atoms. The minimum atomic E-state index is -0.0847. The fourth-order valence-electron chi connectivity index (χ4n) is 1.99. The molecule has 0 aliphatic carbocycles. The van der Waals surface area contributed by atoms with E-state index in [-0.39, 0.29) is 6.73 Å². The molecule has 0 unspecified atom stereocenters. The topological polar surface area (TPSA) is 74.7 Å². The van der Waals surface area contributed by atoms with Crippen molar-refractivity contribution in [2.45, 2.75) is 6.73 Å². The maximum Gasteiger partial charge on any atom is 0.119 e. The maximum atomic E-state index is 9.25. The van der Waals surface area contributed by atoms with Gasteiger partial charge >= 0.3 is 0 Å². The first-order chi connectivity index (χ1) is 9.31. The predicted molar refractivity (Wildman–Crippen MR) is 69.9 cm³/mol. The van der Waals surface area contributed by atoms with Crippen LogP contribution in [0.25, 0.3) is 22.3 Å². The second-order valence-electron chi connectivity index (χ2n) is 4.10. The van der Waals surface area contributed by atoms with Gasteiger partial charge in [-0.25, -0.2) is 0 Å². The molecular formula is C14H10N4O. The van der Waals surface area contributed by atoms with E-state index in [2.05, 4.69) is 16.0 Å². The number of hydrogen-bond acceptors (Lipinski definition) is 4. The molecule has 0 fully saturated rings. The smallest absolute Gasteiger partial charge is 0.119 e. The highest BCUT2D eigenvalue weighted by molar-refractivity contribution is 5.82. The third-order valence-corrected chi connectivity index (χ3v) is 2.96. The lowest BCUT2D eigenvalue weighted by atomic mass is 10.2. The van der Waals surface area contributed by atoms with Crippen LogP contribution in [-0.2, 0) is 6.73 Å². The number of nitrogens with zero attached hydrogens (tertiary/aromatic N) is 4. The van der Waals surface area contributed by atoms with E-state index >= 15 is 0 Å². The van der Waals surface area contributed by atoms with Crippen molar-refractivity contribution in [1.29, 1.82) is 5.26 Å². The van der Waals surface area contributed by atoms with Gasteiger partial charge in [-0.05, 0) is 24.3 Å². The molecule has 3 aromatic rings. The largest absolute Gasteiger partial charge is 0.376 e. The normalized spacial score (nSPS) is 10.5. The molecule has 0 aromatic carbocycles. The van der Waals surface area contributed by atoms with E-state index in [1.165, 1.54) is 0 Å². The number of rotatable bonds is 2. The monoisotopic (exact) mass is 250 g/mol. The molecule has 0 saturated carbocycles. The van der Waals surface area contributed by atoms with Gasteiger partial charge in [0.25, 0.3) is 0 Å². The van der Waals surface area contributed by atoms with E-state index in [0.29, 0.717) is 17.0 Å². The van der Waals surface area contributed by atoms with E-state index in [1.54, 1.807) is 35.3 Å². The maximum absolute atomic E-state index is 9.25. The first-order valence-electron chi connectivity index (χ1n) is 5.74. The molecule has 1 N–H and O–H groups in total. The van der Waals surface area contributed by atoms with Crippen molar-refractivity contribution < 1.29 is 5.11 Å². The fraction of sp³-hybridized carbons (Fsp3) is 0.0714. The molecule has 3 rings (SSSR count). The number of aliphatic hydroxyl groups is 1. The molecule has 0 atom stereocenters. The molecule has 3 heterocycles. The van der Waals surface area contributed by atoms with Gasteiger partial charge in [0.05, 0.1) is 28.5 Å². The van der Waals surface area contributed by atoms with Crippen LogP contribution in [0.3, 0.4) is 0 Å². The highest BCUT2D eigenvalue weighted by atomic mass is 16.3. The number of aliphatic hydroxyl groups excluding tert-OH is 1. The van der Waals surface area contributed by atoms with Gasteiger partial charge in [-0.15, -0.1) is 0 Å². The first kappa shape index (κ1) is 11.4. The van der Waals surface area contributed by atoms with Crippen LogP contribution in [0.2, 0.25) is 0 Å². The molecule has 19 heavy (non-hydrogen) atoms. The molecule has 0 saturated heterocycles. The van der Waals surface area contributed by atoms with Gasteiger partial charge in [-0.2, -0.15) is 5.26 Å². The van der Waals surface area contributed by atoms with Crippen molar-refractivity contribution in [1.82, 2.24) is 14.5 Å². The highest BCUT2D eigenvalue weighted by Crippen LogP contribution is 2.21. The van der Waals surface area contributed by atoms with Crippen molar-refractivity contribution in [3.63, 3.8) is 0 Å². The van der Waals surface area contributed by atoms with Gasteiger partial charge in [0.1, 0.15) is 6.73 Å². The SMILES string of the molecule is N#Cc1ccnc(-c2cc3c(ccn3CO)cn2)c1. The van der Waals surface area contributed by atoms with Gasteiger partial charge < -0.3 is 9.67 Å². The molecule has 0 amide bonds. The number of hydrogen-bond donors (Lipinski definition) is 1. The summed E-state index contributed by atoms with van der Waals surface area (Å²) in [6, 6.07) is 9.17. The third kappa shape index (κ3) is 1.94. The highest BCUT2D eigenvalue weighted by Gasteiger charge is 2.06. The zero-order valence-corrected chi connectivity index (χ0v) is 9.98. The van der Waals surface area contributed by atoms with Gasteiger partial charge in [0.2, 0.25) is 0 Å². The molecule has 0 aliphatic rings. The van der Waals surface area contributed by atoms with Gasteiger partial charge in [0.15, 0.2) is 0 Å². The lowest BCUT2D eigenvalue weighted by molar-refractivity contribution is 0.215. The second-order valence-corrected chi connectivity index (χ2v) is 4.10. The third-order valence-electron chi connectivity index (χ3n) is 2.96. The van der Waals surface area contributed by atoms with Crippen LogP contribution in [0.15, 0.2) is 42.9 Å². The fourth-order valence-corrected chi connectivity index (χ4v) is 1.99. The molecular weight excluding hydrogens is 240 g/mol. The minimum Gasteiger partial charge on any atom is -0.376 e. The molecule has 0 aliphatic heterocycles. The number of aromatic nitrogens is 3. The summed E-state index contributed by atoms with van der Waals surface area (Å²) in [6.45, 7) is -0.0847. The number of nitriles is 1. The molecule has 92 valence electrons. The Labute approximate surface area is 109 Å². The quantitative estimate of drug-likeness (QED) is 0.754. The van der Waals surface area contributed by atoms with E-state index in [1.807, 2.05) is 12.1 Å². The standard InChI is InChI=1S/C14H10N4O/c15-7-10-1-3-16-12(5-10)13-6-14-11(8-17-13)2-4-18(14)9-19/h1-6,8,19H,9H2. The van der Waals surface area contributed by atoms with E-state index in [9.17, 15) is 5.11 Å². The summed E-state index contributed by atoms with van der Waals surface area (Å²) in [4.78, 5) is 8.55. The number of pyridine rings is 2. The summed E-state index contributed by atoms with van der Waals surface area (Å²) in [5.74, 6) is 0. The van der Waals surface area contributed by atoms with Gasteiger partial charge in [-0.3, -0.25) is 9.97 Å². The Bertz CT molecular complexity index is 785. The van der Waals surface area contributed by atoms with Crippen LogP contribution in [0.5, 0.6) is 0 Å². The van der Waals surface area contributed by atoms with Crippen molar-refractivity contribution in [3.05, 3.63) is 48.4 Å². The van der Waals surface area contributed by atoms with Crippen LogP contribution < -0.4 is 0 Å². The van der Waals surface area contributed by atoms with E-state index < -0.39 is 0 Å². The summed E-state index contributed by atoms with van der Waals surface area (Å²) in [5.41, 5.74) is 2.76. The Balaban J connectivity index is 2.16. The van der Waals surface area contributed by atoms with E-state index in [4.69, 9.17) is 5.26 Å². The van der Waals surface area contributed by atoms with Crippen molar-refractivity contribution in [2.75, 3.05) is 0 Å². The van der Waals surface area contributed by atoms with Gasteiger partial charge in [-0.1, -0.05) is 0 Å². The zero-order valence-electron chi connectivity index (χ0n) is 9.98. The van der Waals surface area contributed by atoms with Crippen molar-refractivity contribution >= 4 is 10.9 Å². The molecule has 5 heteroatoms. The lowest BCUT2D eigenvalue weighted by Gasteiger charge is -2.03. The molecule has 0 radical (unpaired) electrons. The van der Waals surface area contributed by atoms with Crippen LogP contribution >= 0.6 is 0 Å². The number of fused-ring (bicyclic) bond motifs is 1. The Morgan fingerprint density at radius 1 is 1.21 bits per heavy atom. The Morgan fingerprint density at radius 2 is 2.05 bits per heavy atom. The van der Waals surface area contributed by atoms with Crippen molar-refractivity contribution in [2.24, 2.45) is 0 Å². The average molecular weight is 250 g/mol. The lowest BCUT2D eigenvalue weighted by Crippen LogP contribution is -1.95. The average Bonchev–Trinajstić information content (AvgIpc) is 2.89. The minimum absolute atomic E-state index is 0.0847. The van der Waals surface area contributed by atoms with E-state index in [0.717, 1.165) is 10.9 Å². The zero-order chi connectivity index (χ0) is 13.2. The second kappa shape index (κ2) is 4.52. The van der Waals surface area contributed by atoms with Crippen LogP contribution in [-0.4, -0.2) is 19.6 Å². The summed E-state index contributed by atoms with van der Waals surface area (Å²) < 4.78 is 1.72. The van der Waals surface area contributed by atoms with Crippen LogP contribution in [0.1, 0.15) is 5.56 Å². The van der Waals surface area contributed by atoms with Crippen LogP contribution in [0, 0.1) is 11.3 Å². The first-order valence-corrected chi connectivity index (χ1v) is 5.74. The predicted octanol–water partition coefficient (Wildman–Crippen LogP) is 1.92. The van der Waals surface area contributed by atoms with Crippen molar-refractivity contribution in [3.8, 4) is 17.5 Å². The Morgan fingerprint density at radius 3 is 2.84 bits per heavy atom. The van der Waals surface area contributed by atoms with Crippen LogP contribution in [0.4, 0.5) is 0 Å². The Kier molecular flexibility index (Phi) is 2.71. The summed E-state index contributed by atoms with van der Waals surface area (Å²) in [7, 11) is 0. The Hall–Kier alpha value is -2.71. The summed E-state index contributed by atoms with van der Waals surface area (Å²) in [6.07, 6.45) is 5.12.